The standard InChI is InChI=1S/C17H17ClN2O/c1-11-4-6-14(17(8-11)21-3)12(2)20-16-7-5-13(10-19)9-15(16)18/h4-9,12,20H,1-3H3. The number of nitrogens with zero attached hydrogens (tertiary/aromatic N) is 1. The molecule has 2 aromatic carbocycles. The minimum absolute atomic E-state index is 0.0333. The van der Waals surface area contributed by atoms with E-state index in [1.54, 1.807) is 19.2 Å². The lowest BCUT2D eigenvalue weighted by Crippen LogP contribution is -2.08. The summed E-state index contributed by atoms with van der Waals surface area (Å²) in [5.41, 5.74) is 3.56. The number of benzene rings is 2. The van der Waals surface area contributed by atoms with Crippen LogP contribution in [0.15, 0.2) is 36.4 Å². The predicted molar refractivity (Wildman–Crippen MR) is 85.9 cm³/mol. The third kappa shape index (κ3) is 3.48. The highest BCUT2D eigenvalue weighted by atomic mass is 35.5. The number of hydrogen-bond acceptors (Lipinski definition) is 3. The highest BCUT2D eigenvalue weighted by Crippen LogP contribution is 2.31. The van der Waals surface area contributed by atoms with E-state index in [9.17, 15) is 0 Å². The lowest BCUT2D eigenvalue weighted by Gasteiger charge is -2.19. The Hall–Kier alpha value is -2.18. The molecule has 0 aliphatic carbocycles. The van der Waals surface area contributed by atoms with Crippen molar-refractivity contribution in [2.24, 2.45) is 0 Å². The molecule has 1 atom stereocenters. The normalized spacial score (nSPS) is 11.6. The van der Waals surface area contributed by atoms with Crippen molar-refractivity contribution < 1.29 is 4.74 Å². The number of halogens is 1. The number of methoxy groups -OCH3 is 1. The van der Waals surface area contributed by atoms with Gasteiger partial charge < -0.3 is 10.1 Å². The van der Waals surface area contributed by atoms with Crippen LogP contribution in [0.5, 0.6) is 5.75 Å². The van der Waals surface area contributed by atoms with E-state index in [0.717, 1.165) is 22.6 Å². The van der Waals surface area contributed by atoms with E-state index in [1.165, 1.54) is 0 Å². The van der Waals surface area contributed by atoms with Crippen molar-refractivity contribution in [2.45, 2.75) is 19.9 Å². The molecular formula is C17H17ClN2O. The maximum absolute atomic E-state index is 8.86. The van der Waals surface area contributed by atoms with Gasteiger partial charge in [0.15, 0.2) is 0 Å². The number of nitriles is 1. The minimum Gasteiger partial charge on any atom is -0.496 e. The Morgan fingerprint density at radius 1 is 1.24 bits per heavy atom. The zero-order chi connectivity index (χ0) is 15.4. The topological polar surface area (TPSA) is 45.0 Å². The number of aryl methyl sites for hydroxylation is 1. The van der Waals surface area contributed by atoms with Crippen LogP contribution >= 0.6 is 11.6 Å². The van der Waals surface area contributed by atoms with Crippen molar-refractivity contribution in [3.05, 3.63) is 58.1 Å². The Kier molecular flexibility index (Phi) is 4.72. The molecule has 0 aromatic heterocycles. The molecule has 0 saturated heterocycles. The van der Waals surface area contributed by atoms with E-state index >= 15 is 0 Å². The van der Waals surface area contributed by atoms with Gasteiger partial charge in [0.05, 0.1) is 35.5 Å². The molecule has 0 radical (unpaired) electrons. The van der Waals surface area contributed by atoms with Gasteiger partial charge in [-0.15, -0.1) is 0 Å². The summed E-state index contributed by atoms with van der Waals surface area (Å²) in [7, 11) is 1.67. The van der Waals surface area contributed by atoms with Gasteiger partial charge in [-0.25, -0.2) is 0 Å². The van der Waals surface area contributed by atoms with Crippen LogP contribution in [0.2, 0.25) is 5.02 Å². The molecule has 0 bridgehead atoms. The van der Waals surface area contributed by atoms with Gasteiger partial charge >= 0.3 is 0 Å². The van der Waals surface area contributed by atoms with Crippen LogP contribution in [0, 0.1) is 18.3 Å². The highest BCUT2D eigenvalue weighted by Gasteiger charge is 2.13. The Balaban J connectivity index is 2.26. The molecule has 2 aromatic rings. The summed E-state index contributed by atoms with van der Waals surface area (Å²) in [4.78, 5) is 0. The van der Waals surface area contributed by atoms with Crippen LogP contribution in [0.3, 0.4) is 0 Å². The molecule has 0 aliphatic rings. The number of ether oxygens (including phenoxy) is 1. The first-order chi connectivity index (χ1) is 10.0. The third-order valence-corrected chi connectivity index (χ3v) is 3.64. The maximum atomic E-state index is 8.86. The number of hydrogen-bond donors (Lipinski definition) is 1. The van der Waals surface area contributed by atoms with Crippen molar-refractivity contribution in [3.63, 3.8) is 0 Å². The van der Waals surface area contributed by atoms with Crippen LogP contribution in [0.4, 0.5) is 5.69 Å². The van der Waals surface area contributed by atoms with E-state index in [2.05, 4.69) is 17.5 Å². The van der Waals surface area contributed by atoms with Gasteiger partial charge in [0.1, 0.15) is 5.75 Å². The summed E-state index contributed by atoms with van der Waals surface area (Å²) >= 11 is 6.19. The fraction of sp³-hybridized carbons (Fsp3) is 0.235. The van der Waals surface area contributed by atoms with Gasteiger partial charge in [-0.1, -0.05) is 23.7 Å². The Morgan fingerprint density at radius 2 is 2.00 bits per heavy atom. The molecule has 0 amide bonds. The number of anilines is 1. The largest absolute Gasteiger partial charge is 0.496 e. The molecule has 0 heterocycles. The number of nitrogens with one attached hydrogen (secondary N) is 1. The van der Waals surface area contributed by atoms with Crippen molar-refractivity contribution >= 4 is 17.3 Å². The molecule has 108 valence electrons. The summed E-state index contributed by atoms with van der Waals surface area (Å²) in [6.07, 6.45) is 0. The summed E-state index contributed by atoms with van der Waals surface area (Å²) in [5, 5.41) is 12.7. The van der Waals surface area contributed by atoms with Gasteiger partial charge in [-0.2, -0.15) is 5.26 Å². The molecule has 0 spiro atoms. The molecule has 4 heteroatoms. The van der Waals surface area contributed by atoms with Crippen molar-refractivity contribution in [1.29, 1.82) is 5.26 Å². The smallest absolute Gasteiger partial charge is 0.124 e. The first-order valence-electron chi connectivity index (χ1n) is 6.66. The second-order valence-electron chi connectivity index (χ2n) is 4.92. The molecular weight excluding hydrogens is 284 g/mol. The Labute approximate surface area is 130 Å². The van der Waals surface area contributed by atoms with Gasteiger partial charge in [-0.05, 0) is 43.7 Å². The summed E-state index contributed by atoms with van der Waals surface area (Å²) < 4.78 is 5.44. The average Bonchev–Trinajstić information content (AvgIpc) is 2.48. The van der Waals surface area contributed by atoms with Crippen molar-refractivity contribution in [1.82, 2.24) is 0 Å². The van der Waals surface area contributed by atoms with Crippen molar-refractivity contribution in [3.8, 4) is 11.8 Å². The third-order valence-electron chi connectivity index (χ3n) is 3.33. The molecule has 21 heavy (non-hydrogen) atoms. The second-order valence-corrected chi connectivity index (χ2v) is 5.33. The highest BCUT2D eigenvalue weighted by molar-refractivity contribution is 6.33. The monoisotopic (exact) mass is 300 g/mol. The SMILES string of the molecule is COc1cc(C)ccc1C(C)Nc1ccc(C#N)cc1Cl. The van der Waals surface area contributed by atoms with E-state index in [0.29, 0.717) is 10.6 Å². The lowest BCUT2D eigenvalue weighted by atomic mass is 10.0. The van der Waals surface area contributed by atoms with Crippen LogP contribution in [-0.4, -0.2) is 7.11 Å². The summed E-state index contributed by atoms with van der Waals surface area (Å²) in [6.45, 7) is 4.07. The quantitative estimate of drug-likeness (QED) is 0.890. The van der Waals surface area contributed by atoms with Crippen molar-refractivity contribution in [2.75, 3.05) is 12.4 Å². The number of rotatable bonds is 4. The van der Waals surface area contributed by atoms with Gasteiger partial charge in [-0.3, -0.25) is 0 Å². The predicted octanol–water partition coefficient (Wildman–Crippen LogP) is 4.70. The van der Waals surface area contributed by atoms with Crippen LogP contribution in [0.25, 0.3) is 0 Å². The Morgan fingerprint density at radius 3 is 2.62 bits per heavy atom. The molecule has 3 nitrogen and oxygen atoms in total. The van der Waals surface area contributed by atoms with Gasteiger partial charge in [0.2, 0.25) is 0 Å². The first-order valence-corrected chi connectivity index (χ1v) is 7.03. The molecule has 2 rings (SSSR count). The zero-order valence-corrected chi connectivity index (χ0v) is 13.0. The lowest BCUT2D eigenvalue weighted by molar-refractivity contribution is 0.407. The Bertz CT molecular complexity index is 692. The average molecular weight is 301 g/mol. The molecule has 0 fully saturated rings. The van der Waals surface area contributed by atoms with Gasteiger partial charge in [0.25, 0.3) is 0 Å². The van der Waals surface area contributed by atoms with Crippen LogP contribution in [-0.2, 0) is 0 Å². The first kappa shape index (κ1) is 15.2. The van der Waals surface area contributed by atoms with Crippen LogP contribution in [0.1, 0.15) is 29.7 Å². The fourth-order valence-electron chi connectivity index (χ4n) is 2.19. The summed E-state index contributed by atoms with van der Waals surface area (Å²) in [5.74, 6) is 0.847. The summed E-state index contributed by atoms with van der Waals surface area (Å²) in [6, 6.07) is 13.4. The molecule has 0 aliphatic heterocycles. The fourth-order valence-corrected chi connectivity index (χ4v) is 2.42. The maximum Gasteiger partial charge on any atom is 0.124 e. The molecule has 1 N–H and O–H groups in total. The van der Waals surface area contributed by atoms with Gasteiger partial charge in [0, 0.05) is 5.56 Å². The molecule has 0 saturated carbocycles. The minimum atomic E-state index is 0.0333. The van der Waals surface area contributed by atoms with E-state index < -0.39 is 0 Å². The second kappa shape index (κ2) is 6.51. The van der Waals surface area contributed by atoms with E-state index in [4.69, 9.17) is 21.6 Å². The van der Waals surface area contributed by atoms with E-state index in [1.807, 2.05) is 32.0 Å². The molecule has 1 unspecified atom stereocenters. The van der Waals surface area contributed by atoms with Crippen LogP contribution < -0.4 is 10.1 Å². The van der Waals surface area contributed by atoms with E-state index in [-0.39, 0.29) is 6.04 Å². The zero-order valence-electron chi connectivity index (χ0n) is 12.3.